The lowest BCUT2D eigenvalue weighted by Gasteiger charge is -2.28. The molecular formula is C14H21N3O2S. The number of rotatable bonds is 4. The number of thiazole rings is 1. The summed E-state index contributed by atoms with van der Waals surface area (Å²) in [6.45, 7) is 6.41. The van der Waals surface area contributed by atoms with Gasteiger partial charge in [-0.3, -0.25) is 9.59 Å². The number of nitrogens with zero attached hydrogens (tertiary/aromatic N) is 2. The molecule has 1 aliphatic rings. The van der Waals surface area contributed by atoms with Crippen LogP contribution in [0.5, 0.6) is 0 Å². The molecule has 20 heavy (non-hydrogen) atoms. The highest BCUT2D eigenvalue weighted by molar-refractivity contribution is 7.09. The third kappa shape index (κ3) is 3.17. The first kappa shape index (κ1) is 15.0. The molecule has 1 aliphatic heterocycles. The minimum atomic E-state index is -0.390. The standard InChI is InChI=1S/C14H21N3O2S/c1-4-5-11-14(19)17(7-6-12(18)16-11)10(3)13-15-9(2)8-20-13/h8,10-11H,4-7H2,1-3H3,(H,16,18). The van der Waals surface area contributed by atoms with Gasteiger partial charge in [0.25, 0.3) is 0 Å². The van der Waals surface area contributed by atoms with Gasteiger partial charge in [-0.2, -0.15) is 0 Å². The molecule has 2 rings (SSSR count). The van der Waals surface area contributed by atoms with Gasteiger partial charge in [0, 0.05) is 24.0 Å². The Kier molecular flexibility index (Phi) is 4.75. The fraction of sp³-hybridized carbons (Fsp3) is 0.643. The Morgan fingerprint density at radius 3 is 2.90 bits per heavy atom. The average Bonchev–Trinajstić information content (AvgIpc) is 2.78. The molecule has 2 amide bonds. The van der Waals surface area contributed by atoms with Crippen molar-refractivity contribution in [3.05, 3.63) is 16.1 Å². The fourth-order valence-electron chi connectivity index (χ4n) is 2.43. The topological polar surface area (TPSA) is 62.3 Å². The van der Waals surface area contributed by atoms with Gasteiger partial charge in [0.2, 0.25) is 11.8 Å². The van der Waals surface area contributed by atoms with E-state index in [1.807, 2.05) is 26.2 Å². The van der Waals surface area contributed by atoms with Crippen LogP contribution >= 0.6 is 11.3 Å². The second-order valence-electron chi connectivity index (χ2n) is 5.19. The van der Waals surface area contributed by atoms with Gasteiger partial charge in [-0.25, -0.2) is 4.98 Å². The third-order valence-corrected chi connectivity index (χ3v) is 4.67. The van der Waals surface area contributed by atoms with E-state index in [4.69, 9.17) is 0 Å². The molecule has 0 aromatic carbocycles. The first-order valence-corrected chi connectivity index (χ1v) is 7.92. The van der Waals surface area contributed by atoms with E-state index in [0.29, 0.717) is 19.4 Å². The van der Waals surface area contributed by atoms with Crippen LogP contribution in [0.3, 0.4) is 0 Å². The summed E-state index contributed by atoms with van der Waals surface area (Å²) in [5, 5.41) is 5.74. The van der Waals surface area contributed by atoms with Crippen molar-refractivity contribution < 1.29 is 9.59 Å². The van der Waals surface area contributed by atoms with Gasteiger partial charge >= 0.3 is 0 Å². The van der Waals surface area contributed by atoms with Gasteiger partial charge in [-0.15, -0.1) is 11.3 Å². The van der Waals surface area contributed by atoms with Crippen LogP contribution in [0.1, 0.15) is 49.9 Å². The molecule has 1 N–H and O–H groups in total. The van der Waals surface area contributed by atoms with Gasteiger partial charge in [-0.1, -0.05) is 13.3 Å². The van der Waals surface area contributed by atoms with Crippen LogP contribution in [-0.2, 0) is 9.59 Å². The number of aromatic nitrogens is 1. The lowest BCUT2D eigenvalue weighted by Crippen LogP contribution is -2.45. The number of hydrogen-bond acceptors (Lipinski definition) is 4. The summed E-state index contributed by atoms with van der Waals surface area (Å²) in [6.07, 6.45) is 1.92. The van der Waals surface area contributed by atoms with Crippen LogP contribution in [0.4, 0.5) is 0 Å². The zero-order valence-corrected chi connectivity index (χ0v) is 13.0. The molecule has 5 nitrogen and oxygen atoms in total. The molecule has 1 aromatic rings. The Labute approximate surface area is 123 Å². The molecule has 0 spiro atoms. The summed E-state index contributed by atoms with van der Waals surface area (Å²) in [4.78, 5) is 30.6. The summed E-state index contributed by atoms with van der Waals surface area (Å²) in [5.41, 5.74) is 0.971. The maximum absolute atomic E-state index is 12.6. The summed E-state index contributed by atoms with van der Waals surface area (Å²) in [7, 11) is 0. The molecule has 2 heterocycles. The number of carbonyl (C=O) groups is 2. The quantitative estimate of drug-likeness (QED) is 0.924. The van der Waals surface area contributed by atoms with Gasteiger partial charge in [0.05, 0.1) is 6.04 Å². The molecule has 2 atom stereocenters. The van der Waals surface area contributed by atoms with Crippen molar-refractivity contribution in [1.82, 2.24) is 15.2 Å². The van der Waals surface area contributed by atoms with Crippen LogP contribution in [-0.4, -0.2) is 34.3 Å². The Balaban J connectivity index is 2.20. The minimum absolute atomic E-state index is 0.0121. The molecular weight excluding hydrogens is 274 g/mol. The highest BCUT2D eigenvalue weighted by atomic mass is 32.1. The molecule has 0 radical (unpaired) electrons. The summed E-state index contributed by atoms with van der Waals surface area (Å²) < 4.78 is 0. The minimum Gasteiger partial charge on any atom is -0.344 e. The van der Waals surface area contributed by atoms with Crippen molar-refractivity contribution in [3.8, 4) is 0 Å². The lowest BCUT2D eigenvalue weighted by atomic mass is 10.1. The largest absolute Gasteiger partial charge is 0.344 e. The second-order valence-corrected chi connectivity index (χ2v) is 6.08. The number of hydrogen-bond donors (Lipinski definition) is 1. The summed E-state index contributed by atoms with van der Waals surface area (Å²) in [5.74, 6) is -0.0279. The van der Waals surface area contributed by atoms with E-state index >= 15 is 0 Å². The Morgan fingerprint density at radius 2 is 2.30 bits per heavy atom. The zero-order chi connectivity index (χ0) is 14.7. The molecule has 0 saturated carbocycles. The smallest absolute Gasteiger partial charge is 0.245 e. The Bertz CT molecular complexity index is 500. The number of carbonyl (C=O) groups excluding carboxylic acids is 2. The van der Waals surface area contributed by atoms with Crippen LogP contribution in [0.2, 0.25) is 0 Å². The van der Waals surface area contributed by atoms with E-state index < -0.39 is 6.04 Å². The molecule has 2 unspecified atom stereocenters. The lowest BCUT2D eigenvalue weighted by molar-refractivity contribution is -0.135. The molecule has 110 valence electrons. The second kappa shape index (κ2) is 6.35. The molecule has 1 aromatic heterocycles. The highest BCUT2D eigenvalue weighted by Gasteiger charge is 2.33. The van der Waals surface area contributed by atoms with Crippen LogP contribution in [0.15, 0.2) is 5.38 Å². The van der Waals surface area contributed by atoms with Gasteiger partial charge in [0.15, 0.2) is 0 Å². The van der Waals surface area contributed by atoms with Crippen LogP contribution in [0, 0.1) is 6.92 Å². The van der Waals surface area contributed by atoms with E-state index in [-0.39, 0.29) is 17.9 Å². The third-order valence-electron chi connectivity index (χ3n) is 3.54. The monoisotopic (exact) mass is 295 g/mol. The van der Waals surface area contributed by atoms with Gasteiger partial charge < -0.3 is 10.2 Å². The summed E-state index contributed by atoms with van der Waals surface area (Å²) in [6, 6.07) is -0.466. The van der Waals surface area contributed by atoms with E-state index in [2.05, 4.69) is 10.3 Å². The molecule has 1 saturated heterocycles. The molecule has 0 aliphatic carbocycles. The summed E-state index contributed by atoms with van der Waals surface area (Å²) >= 11 is 1.57. The number of nitrogens with one attached hydrogen (secondary N) is 1. The Hall–Kier alpha value is -1.43. The maximum atomic E-state index is 12.6. The highest BCUT2D eigenvalue weighted by Crippen LogP contribution is 2.26. The molecule has 0 bridgehead atoms. The van der Waals surface area contributed by atoms with Crippen molar-refractivity contribution in [1.29, 1.82) is 0 Å². The van der Waals surface area contributed by atoms with Gasteiger partial charge in [0.1, 0.15) is 11.0 Å². The van der Waals surface area contributed by atoms with Crippen LogP contribution < -0.4 is 5.32 Å². The van der Waals surface area contributed by atoms with E-state index in [0.717, 1.165) is 17.1 Å². The predicted octanol–water partition coefficient (Wildman–Crippen LogP) is 2.03. The predicted molar refractivity (Wildman–Crippen MR) is 78.4 cm³/mol. The van der Waals surface area contributed by atoms with E-state index in [9.17, 15) is 9.59 Å². The number of amides is 2. The van der Waals surface area contributed by atoms with E-state index in [1.165, 1.54) is 0 Å². The van der Waals surface area contributed by atoms with Crippen molar-refractivity contribution in [2.24, 2.45) is 0 Å². The van der Waals surface area contributed by atoms with Crippen LogP contribution in [0.25, 0.3) is 0 Å². The normalized spacial score (nSPS) is 21.6. The SMILES string of the molecule is CCCC1NC(=O)CCN(C(C)c2nc(C)cs2)C1=O. The molecule has 1 fully saturated rings. The first-order chi connectivity index (χ1) is 9.52. The average molecular weight is 295 g/mol. The number of aryl methyl sites for hydroxylation is 1. The maximum Gasteiger partial charge on any atom is 0.245 e. The van der Waals surface area contributed by atoms with Crippen molar-refractivity contribution >= 4 is 23.2 Å². The molecule has 6 heteroatoms. The van der Waals surface area contributed by atoms with Crippen molar-refractivity contribution in [2.75, 3.05) is 6.54 Å². The Morgan fingerprint density at radius 1 is 1.55 bits per heavy atom. The fourth-order valence-corrected chi connectivity index (χ4v) is 3.29. The van der Waals surface area contributed by atoms with Crippen molar-refractivity contribution in [3.63, 3.8) is 0 Å². The zero-order valence-electron chi connectivity index (χ0n) is 12.2. The van der Waals surface area contributed by atoms with Crippen molar-refractivity contribution in [2.45, 2.75) is 52.1 Å². The first-order valence-electron chi connectivity index (χ1n) is 7.04. The van der Waals surface area contributed by atoms with Gasteiger partial charge in [-0.05, 0) is 20.3 Å². The van der Waals surface area contributed by atoms with E-state index in [1.54, 1.807) is 16.2 Å².